The largest absolute Gasteiger partial charge is 0.397 e. The van der Waals surface area contributed by atoms with Crippen LogP contribution in [-0.2, 0) is 13.0 Å². The third-order valence-corrected chi connectivity index (χ3v) is 4.26. The average molecular weight is 311 g/mol. The summed E-state index contributed by atoms with van der Waals surface area (Å²) >= 11 is 5.25. The fourth-order valence-corrected chi connectivity index (χ4v) is 2.86. The van der Waals surface area contributed by atoms with Gasteiger partial charge in [0.1, 0.15) is 0 Å². The van der Waals surface area contributed by atoms with Crippen molar-refractivity contribution in [1.82, 2.24) is 0 Å². The van der Waals surface area contributed by atoms with Gasteiger partial charge in [0.15, 0.2) is 0 Å². The quantitative estimate of drug-likeness (QED) is 0.828. The highest BCUT2D eigenvalue weighted by atomic mass is 79.9. The first kappa shape index (κ1) is 12.5. The second-order valence-corrected chi connectivity index (χ2v) is 5.98. The van der Waals surface area contributed by atoms with Crippen molar-refractivity contribution in [2.24, 2.45) is 0 Å². The standard InChI is InChI=1S/C13H15BrN2S/c1-2-10-4-5-11(17-10)8-16-13-6-3-9(14)7-12(13)15/h3-7,16H,2,8,15H2,1H3. The van der Waals surface area contributed by atoms with E-state index in [1.165, 1.54) is 9.75 Å². The second kappa shape index (κ2) is 5.56. The van der Waals surface area contributed by atoms with E-state index in [0.717, 1.165) is 28.8 Å². The first-order valence-electron chi connectivity index (χ1n) is 5.55. The number of rotatable bonds is 4. The molecule has 0 saturated carbocycles. The molecule has 0 aliphatic heterocycles. The van der Waals surface area contributed by atoms with Crippen LogP contribution in [0.15, 0.2) is 34.8 Å². The molecule has 3 N–H and O–H groups in total. The summed E-state index contributed by atoms with van der Waals surface area (Å²) in [6, 6.07) is 10.3. The lowest BCUT2D eigenvalue weighted by Crippen LogP contribution is -2.00. The Morgan fingerprint density at radius 3 is 2.65 bits per heavy atom. The molecule has 0 unspecified atom stereocenters. The molecule has 2 aromatic rings. The lowest BCUT2D eigenvalue weighted by atomic mass is 10.2. The predicted molar refractivity (Wildman–Crippen MR) is 79.6 cm³/mol. The van der Waals surface area contributed by atoms with Crippen molar-refractivity contribution in [3.05, 3.63) is 44.6 Å². The van der Waals surface area contributed by atoms with Gasteiger partial charge in [-0.3, -0.25) is 0 Å². The highest BCUT2D eigenvalue weighted by Crippen LogP contribution is 2.24. The average Bonchev–Trinajstić information content (AvgIpc) is 2.76. The van der Waals surface area contributed by atoms with E-state index in [1.54, 1.807) is 0 Å². The van der Waals surface area contributed by atoms with E-state index in [1.807, 2.05) is 29.5 Å². The summed E-state index contributed by atoms with van der Waals surface area (Å²) in [6.07, 6.45) is 1.10. The van der Waals surface area contributed by atoms with Crippen LogP contribution in [0.5, 0.6) is 0 Å². The Morgan fingerprint density at radius 1 is 1.24 bits per heavy atom. The number of nitrogens with one attached hydrogen (secondary N) is 1. The molecular formula is C13H15BrN2S. The van der Waals surface area contributed by atoms with E-state index >= 15 is 0 Å². The molecule has 1 aromatic carbocycles. The normalized spacial score (nSPS) is 10.5. The molecule has 0 saturated heterocycles. The summed E-state index contributed by atoms with van der Waals surface area (Å²) in [5.74, 6) is 0. The number of hydrogen-bond acceptors (Lipinski definition) is 3. The number of halogens is 1. The maximum atomic E-state index is 5.93. The van der Waals surface area contributed by atoms with Crippen molar-refractivity contribution in [2.75, 3.05) is 11.1 Å². The summed E-state index contributed by atoms with van der Waals surface area (Å²) < 4.78 is 1.00. The van der Waals surface area contributed by atoms with Gasteiger partial charge in [-0.25, -0.2) is 0 Å². The third-order valence-electron chi connectivity index (χ3n) is 2.53. The molecule has 0 atom stereocenters. The summed E-state index contributed by atoms with van der Waals surface area (Å²) in [4.78, 5) is 2.76. The van der Waals surface area contributed by atoms with Gasteiger partial charge in [-0.05, 0) is 36.8 Å². The Labute approximate surface area is 114 Å². The molecule has 0 amide bonds. The molecule has 0 spiro atoms. The van der Waals surface area contributed by atoms with Crippen molar-refractivity contribution < 1.29 is 0 Å². The van der Waals surface area contributed by atoms with E-state index in [2.05, 4.69) is 40.3 Å². The number of benzene rings is 1. The molecule has 0 aliphatic carbocycles. The molecule has 4 heteroatoms. The fourth-order valence-electron chi connectivity index (χ4n) is 1.58. The topological polar surface area (TPSA) is 38.0 Å². The van der Waals surface area contributed by atoms with Crippen LogP contribution in [-0.4, -0.2) is 0 Å². The number of thiophene rings is 1. The van der Waals surface area contributed by atoms with Crippen LogP contribution in [0.25, 0.3) is 0 Å². The Balaban J connectivity index is 2.02. The molecule has 1 heterocycles. The van der Waals surface area contributed by atoms with E-state index in [4.69, 9.17) is 5.73 Å². The molecular weight excluding hydrogens is 296 g/mol. The molecule has 2 nitrogen and oxygen atoms in total. The van der Waals surface area contributed by atoms with Gasteiger partial charge in [-0.15, -0.1) is 11.3 Å². The summed E-state index contributed by atoms with van der Waals surface area (Å²) in [5.41, 5.74) is 7.68. The van der Waals surface area contributed by atoms with E-state index in [0.29, 0.717) is 0 Å². The second-order valence-electron chi connectivity index (χ2n) is 3.81. The predicted octanol–water partition coefficient (Wildman–Crippen LogP) is 4.27. The van der Waals surface area contributed by atoms with Crippen molar-refractivity contribution in [2.45, 2.75) is 19.9 Å². The number of aryl methyl sites for hydroxylation is 1. The lowest BCUT2D eigenvalue weighted by molar-refractivity contribution is 1.19. The van der Waals surface area contributed by atoms with E-state index in [9.17, 15) is 0 Å². The molecule has 0 bridgehead atoms. The molecule has 1 aromatic heterocycles. The monoisotopic (exact) mass is 310 g/mol. The minimum absolute atomic E-state index is 0.770. The van der Waals surface area contributed by atoms with Crippen LogP contribution in [0.4, 0.5) is 11.4 Å². The first-order valence-corrected chi connectivity index (χ1v) is 7.16. The highest BCUT2D eigenvalue weighted by Gasteiger charge is 2.01. The number of nitrogen functional groups attached to an aromatic ring is 1. The van der Waals surface area contributed by atoms with Gasteiger partial charge in [-0.1, -0.05) is 22.9 Å². The molecule has 17 heavy (non-hydrogen) atoms. The zero-order chi connectivity index (χ0) is 12.3. The summed E-state index contributed by atoms with van der Waals surface area (Å²) in [7, 11) is 0. The van der Waals surface area contributed by atoms with Crippen molar-refractivity contribution in [3.63, 3.8) is 0 Å². The maximum absolute atomic E-state index is 5.93. The zero-order valence-electron chi connectivity index (χ0n) is 9.66. The van der Waals surface area contributed by atoms with Gasteiger partial charge in [0.25, 0.3) is 0 Å². The first-order chi connectivity index (χ1) is 8.19. The van der Waals surface area contributed by atoms with Gasteiger partial charge in [0.05, 0.1) is 11.4 Å². The summed E-state index contributed by atoms with van der Waals surface area (Å²) in [6.45, 7) is 3.01. The van der Waals surface area contributed by atoms with E-state index < -0.39 is 0 Å². The van der Waals surface area contributed by atoms with Gasteiger partial charge in [-0.2, -0.15) is 0 Å². The van der Waals surface area contributed by atoms with Gasteiger partial charge in [0.2, 0.25) is 0 Å². The van der Waals surface area contributed by atoms with E-state index in [-0.39, 0.29) is 0 Å². The zero-order valence-corrected chi connectivity index (χ0v) is 12.1. The van der Waals surface area contributed by atoms with Crippen LogP contribution < -0.4 is 11.1 Å². The third kappa shape index (κ3) is 3.23. The van der Waals surface area contributed by atoms with Gasteiger partial charge in [0, 0.05) is 20.8 Å². The molecule has 0 aliphatic rings. The van der Waals surface area contributed by atoms with Crippen LogP contribution in [0.1, 0.15) is 16.7 Å². The smallest absolute Gasteiger partial charge is 0.0577 e. The fraction of sp³-hybridized carbons (Fsp3) is 0.231. The Hall–Kier alpha value is -1.000. The Kier molecular flexibility index (Phi) is 4.07. The van der Waals surface area contributed by atoms with Gasteiger partial charge < -0.3 is 11.1 Å². The Morgan fingerprint density at radius 2 is 2.00 bits per heavy atom. The number of nitrogens with two attached hydrogens (primary N) is 1. The lowest BCUT2D eigenvalue weighted by Gasteiger charge is -2.08. The molecule has 0 radical (unpaired) electrons. The van der Waals surface area contributed by atoms with Crippen LogP contribution in [0.3, 0.4) is 0 Å². The van der Waals surface area contributed by atoms with Crippen LogP contribution in [0.2, 0.25) is 0 Å². The van der Waals surface area contributed by atoms with Crippen LogP contribution >= 0.6 is 27.3 Å². The molecule has 0 fully saturated rings. The maximum Gasteiger partial charge on any atom is 0.0577 e. The minimum Gasteiger partial charge on any atom is -0.397 e. The van der Waals surface area contributed by atoms with Crippen molar-refractivity contribution in [1.29, 1.82) is 0 Å². The highest BCUT2D eigenvalue weighted by molar-refractivity contribution is 9.10. The van der Waals surface area contributed by atoms with Crippen molar-refractivity contribution >= 4 is 38.6 Å². The van der Waals surface area contributed by atoms with Crippen molar-refractivity contribution in [3.8, 4) is 0 Å². The Bertz CT molecular complexity index is 508. The molecule has 90 valence electrons. The van der Waals surface area contributed by atoms with Crippen LogP contribution in [0, 0.1) is 0 Å². The molecule has 2 rings (SSSR count). The number of hydrogen-bond donors (Lipinski definition) is 2. The van der Waals surface area contributed by atoms with Gasteiger partial charge >= 0.3 is 0 Å². The minimum atomic E-state index is 0.770. The number of anilines is 2. The summed E-state index contributed by atoms with van der Waals surface area (Å²) in [5, 5.41) is 3.36. The SMILES string of the molecule is CCc1ccc(CNc2ccc(Br)cc2N)s1.